The van der Waals surface area contributed by atoms with Crippen molar-refractivity contribution >= 4 is 35.0 Å². The lowest BCUT2D eigenvalue weighted by atomic mass is 10.1. The van der Waals surface area contributed by atoms with Gasteiger partial charge in [-0.15, -0.1) is 11.8 Å². The van der Waals surface area contributed by atoms with Gasteiger partial charge in [-0.05, 0) is 54.3 Å². The largest absolute Gasteiger partial charge is 0.322 e. The van der Waals surface area contributed by atoms with E-state index in [1.54, 1.807) is 11.8 Å². The highest BCUT2D eigenvalue weighted by Gasteiger charge is 2.34. The van der Waals surface area contributed by atoms with Crippen LogP contribution in [-0.4, -0.2) is 17.6 Å². The Morgan fingerprint density at radius 1 is 1.03 bits per heavy atom. The molecule has 1 aliphatic heterocycles. The summed E-state index contributed by atoms with van der Waals surface area (Å²) in [6.07, 6.45) is 0.876. The number of aryl methyl sites for hydroxylation is 2. The Balaban J connectivity index is 1.55. The Morgan fingerprint density at radius 3 is 2.47 bits per heavy atom. The molecule has 5 heteroatoms. The minimum Gasteiger partial charge on any atom is -0.322 e. The third kappa shape index (κ3) is 3.98. The number of para-hydroxylation sites is 1. The molecule has 1 aliphatic rings. The van der Waals surface area contributed by atoms with Gasteiger partial charge in [0.25, 0.3) is 5.91 Å². The lowest BCUT2D eigenvalue weighted by molar-refractivity contribution is -0.115. The van der Waals surface area contributed by atoms with Crippen molar-refractivity contribution < 1.29 is 9.59 Å². The molecule has 0 aromatic heterocycles. The van der Waals surface area contributed by atoms with Crippen molar-refractivity contribution in [2.75, 3.05) is 16.0 Å². The van der Waals surface area contributed by atoms with Gasteiger partial charge in [-0.1, -0.05) is 55.5 Å². The van der Waals surface area contributed by atoms with Gasteiger partial charge in [0.1, 0.15) is 5.37 Å². The van der Waals surface area contributed by atoms with E-state index in [9.17, 15) is 9.59 Å². The smallest absolute Gasteiger partial charge is 0.255 e. The van der Waals surface area contributed by atoms with E-state index in [0.29, 0.717) is 11.3 Å². The molecule has 0 radical (unpaired) electrons. The zero-order chi connectivity index (χ0) is 21.1. The molecule has 1 saturated heterocycles. The maximum Gasteiger partial charge on any atom is 0.255 e. The van der Waals surface area contributed by atoms with E-state index < -0.39 is 0 Å². The summed E-state index contributed by atoms with van der Waals surface area (Å²) in [5.41, 5.74) is 5.54. The number of rotatable bonds is 5. The molecule has 1 heterocycles. The molecule has 0 saturated carbocycles. The van der Waals surface area contributed by atoms with E-state index in [-0.39, 0.29) is 17.2 Å². The van der Waals surface area contributed by atoms with Crippen LogP contribution in [0.25, 0.3) is 0 Å². The normalized spacial score (nSPS) is 16.0. The zero-order valence-corrected chi connectivity index (χ0v) is 17.9. The fourth-order valence-electron chi connectivity index (χ4n) is 3.73. The third-order valence-corrected chi connectivity index (χ3v) is 6.56. The van der Waals surface area contributed by atoms with E-state index in [4.69, 9.17) is 0 Å². The average Bonchev–Trinajstić information content (AvgIpc) is 3.15. The van der Waals surface area contributed by atoms with Crippen LogP contribution < -0.4 is 10.2 Å². The van der Waals surface area contributed by atoms with Crippen molar-refractivity contribution in [1.29, 1.82) is 0 Å². The van der Waals surface area contributed by atoms with E-state index in [1.165, 1.54) is 5.56 Å². The number of hydrogen-bond donors (Lipinski definition) is 1. The van der Waals surface area contributed by atoms with Crippen LogP contribution in [-0.2, 0) is 11.2 Å². The highest BCUT2D eigenvalue weighted by atomic mass is 32.2. The van der Waals surface area contributed by atoms with Crippen molar-refractivity contribution in [2.45, 2.75) is 25.6 Å². The van der Waals surface area contributed by atoms with Crippen LogP contribution >= 0.6 is 11.8 Å². The summed E-state index contributed by atoms with van der Waals surface area (Å²) >= 11 is 1.63. The summed E-state index contributed by atoms with van der Waals surface area (Å²) < 4.78 is 0. The van der Waals surface area contributed by atoms with Crippen LogP contribution in [0.2, 0.25) is 0 Å². The van der Waals surface area contributed by atoms with Crippen LogP contribution in [0.15, 0.2) is 72.8 Å². The third-order valence-electron chi connectivity index (χ3n) is 5.34. The molecule has 3 aromatic carbocycles. The molecule has 0 unspecified atom stereocenters. The molecule has 30 heavy (non-hydrogen) atoms. The standard InChI is InChI=1S/C25H24N2O2S/c1-3-18-9-5-7-11-22(18)27-23(28)16-30-25(27)19-12-14-20(15-13-19)26-24(29)21-10-6-4-8-17(21)2/h4-15,25H,3,16H2,1-2H3,(H,26,29)/t25-/m0/s1. The predicted molar refractivity (Wildman–Crippen MR) is 124 cm³/mol. The first-order chi connectivity index (χ1) is 14.6. The summed E-state index contributed by atoms with van der Waals surface area (Å²) in [4.78, 5) is 27.1. The second kappa shape index (κ2) is 8.76. The zero-order valence-electron chi connectivity index (χ0n) is 17.1. The SMILES string of the molecule is CCc1ccccc1N1C(=O)CS[C@H]1c1ccc(NC(=O)c2ccccc2C)cc1. The number of carbonyl (C=O) groups is 2. The molecule has 0 spiro atoms. The quantitative estimate of drug-likeness (QED) is 0.590. The van der Waals surface area contributed by atoms with Gasteiger partial charge in [-0.2, -0.15) is 0 Å². The van der Waals surface area contributed by atoms with E-state index in [1.807, 2.05) is 78.6 Å². The number of thioether (sulfide) groups is 1. The maximum atomic E-state index is 12.7. The van der Waals surface area contributed by atoms with Crippen molar-refractivity contribution in [3.8, 4) is 0 Å². The summed E-state index contributed by atoms with van der Waals surface area (Å²) in [7, 11) is 0. The molecular weight excluding hydrogens is 392 g/mol. The van der Waals surface area contributed by atoms with E-state index in [2.05, 4.69) is 18.3 Å². The molecule has 1 atom stereocenters. The molecule has 4 nitrogen and oxygen atoms in total. The first-order valence-electron chi connectivity index (χ1n) is 10.1. The Labute approximate surface area is 181 Å². The van der Waals surface area contributed by atoms with Crippen LogP contribution in [0.3, 0.4) is 0 Å². The van der Waals surface area contributed by atoms with Crippen LogP contribution in [0.4, 0.5) is 11.4 Å². The van der Waals surface area contributed by atoms with Gasteiger partial charge in [0.15, 0.2) is 0 Å². The van der Waals surface area contributed by atoms with Crippen molar-refractivity contribution in [2.24, 2.45) is 0 Å². The molecule has 0 aliphatic carbocycles. The Morgan fingerprint density at radius 2 is 1.73 bits per heavy atom. The first-order valence-corrected chi connectivity index (χ1v) is 11.1. The molecule has 1 fully saturated rings. The maximum absolute atomic E-state index is 12.7. The number of carbonyl (C=O) groups excluding carboxylic acids is 2. The Hall–Kier alpha value is -3.05. The highest BCUT2D eigenvalue weighted by Crippen LogP contribution is 2.43. The molecule has 1 N–H and O–H groups in total. The number of hydrogen-bond acceptors (Lipinski definition) is 3. The van der Waals surface area contributed by atoms with E-state index in [0.717, 1.165) is 28.9 Å². The lowest BCUT2D eigenvalue weighted by Gasteiger charge is -2.26. The summed E-state index contributed by atoms with van der Waals surface area (Å²) in [6, 6.07) is 23.4. The number of amides is 2. The second-order valence-corrected chi connectivity index (χ2v) is 8.37. The first kappa shape index (κ1) is 20.2. The van der Waals surface area contributed by atoms with Crippen molar-refractivity contribution in [3.63, 3.8) is 0 Å². The van der Waals surface area contributed by atoms with Gasteiger partial charge in [-0.3, -0.25) is 14.5 Å². The lowest BCUT2D eigenvalue weighted by Crippen LogP contribution is -2.28. The Kier molecular flexibility index (Phi) is 5.91. The van der Waals surface area contributed by atoms with Gasteiger partial charge in [-0.25, -0.2) is 0 Å². The van der Waals surface area contributed by atoms with Gasteiger partial charge in [0, 0.05) is 16.9 Å². The Bertz CT molecular complexity index is 1080. The van der Waals surface area contributed by atoms with Gasteiger partial charge in [0.2, 0.25) is 5.91 Å². The molecule has 0 bridgehead atoms. The van der Waals surface area contributed by atoms with Crippen LogP contribution in [0.1, 0.15) is 39.3 Å². The molecule has 152 valence electrons. The number of benzene rings is 3. The second-order valence-electron chi connectivity index (χ2n) is 7.30. The monoisotopic (exact) mass is 416 g/mol. The van der Waals surface area contributed by atoms with Crippen LogP contribution in [0.5, 0.6) is 0 Å². The summed E-state index contributed by atoms with van der Waals surface area (Å²) in [5, 5.41) is 2.90. The summed E-state index contributed by atoms with van der Waals surface area (Å²) in [6.45, 7) is 4.03. The molecule has 3 aromatic rings. The molecular formula is C25H24N2O2S. The van der Waals surface area contributed by atoms with Gasteiger partial charge >= 0.3 is 0 Å². The number of nitrogens with zero attached hydrogens (tertiary/aromatic N) is 1. The van der Waals surface area contributed by atoms with Crippen molar-refractivity contribution in [3.05, 3.63) is 95.1 Å². The minimum absolute atomic E-state index is 0.0636. The molecule has 4 rings (SSSR count). The summed E-state index contributed by atoms with van der Waals surface area (Å²) in [5.74, 6) is 0.474. The van der Waals surface area contributed by atoms with E-state index >= 15 is 0 Å². The number of nitrogens with one attached hydrogen (secondary N) is 1. The van der Waals surface area contributed by atoms with Gasteiger partial charge < -0.3 is 5.32 Å². The highest BCUT2D eigenvalue weighted by molar-refractivity contribution is 8.00. The van der Waals surface area contributed by atoms with Crippen molar-refractivity contribution in [1.82, 2.24) is 0 Å². The van der Waals surface area contributed by atoms with Gasteiger partial charge in [0.05, 0.1) is 5.75 Å². The topological polar surface area (TPSA) is 49.4 Å². The fourth-order valence-corrected chi connectivity index (χ4v) is 4.90. The molecule has 2 amide bonds. The number of anilines is 2. The average molecular weight is 417 g/mol. The minimum atomic E-state index is -0.121. The fraction of sp³-hybridized carbons (Fsp3) is 0.200. The predicted octanol–water partition coefficient (Wildman–Crippen LogP) is 5.59. The van der Waals surface area contributed by atoms with Crippen LogP contribution in [0, 0.1) is 6.92 Å².